The molecule has 0 saturated heterocycles. The largest absolute Gasteiger partial charge is 0.507 e. The van der Waals surface area contributed by atoms with E-state index in [1.165, 1.54) is 18.3 Å². The van der Waals surface area contributed by atoms with Gasteiger partial charge in [-0.3, -0.25) is 4.79 Å². The molecule has 2 N–H and O–H groups in total. The molecule has 5 nitrogen and oxygen atoms in total. The van der Waals surface area contributed by atoms with Crippen LogP contribution in [0.3, 0.4) is 0 Å². The molecule has 0 aliphatic carbocycles. The molecule has 0 saturated carbocycles. The summed E-state index contributed by atoms with van der Waals surface area (Å²) < 4.78 is 5.41. The third-order valence-electron chi connectivity index (χ3n) is 2.75. The van der Waals surface area contributed by atoms with Crippen molar-refractivity contribution in [1.29, 1.82) is 0 Å². The molecule has 2 aromatic carbocycles. The highest BCUT2D eigenvalue weighted by atomic mass is 16.5. The number of carbonyl (C=O) groups is 1. The number of hydrogen-bond acceptors (Lipinski definition) is 4. The number of aromatic hydroxyl groups is 1. The lowest BCUT2D eigenvalue weighted by Gasteiger charge is -2.04. The van der Waals surface area contributed by atoms with Crippen LogP contribution in [0.5, 0.6) is 11.5 Å². The zero-order chi connectivity index (χ0) is 15.8. The zero-order valence-electron chi connectivity index (χ0n) is 11.9. The van der Waals surface area contributed by atoms with Crippen LogP contribution in [0.2, 0.25) is 0 Å². The molecular formula is C17H16N2O3. The molecule has 112 valence electrons. The van der Waals surface area contributed by atoms with Crippen LogP contribution in [0.4, 0.5) is 0 Å². The first kappa shape index (κ1) is 15.3. The fourth-order valence-electron chi connectivity index (χ4n) is 1.73. The molecule has 2 rings (SSSR count). The lowest BCUT2D eigenvalue weighted by molar-refractivity contribution is 0.0952. The standard InChI is InChI=1S/C17H16N2O3/c1-2-10-22-14-7-5-6-13(11-14)12-18-19-17(21)15-8-3-4-9-16(15)20/h2-9,11-12,20H,1,10H2,(H,19,21)/b18-12-. The number of phenols is 1. The summed E-state index contributed by atoms with van der Waals surface area (Å²) in [6, 6.07) is 13.5. The molecule has 0 aliphatic heterocycles. The van der Waals surface area contributed by atoms with Crippen LogP contribution in [0.25, 0.3) is 0 Å². The van der Waals surface area contributed by atoms with Crippen LogP contribution >= 0.6 is 0 Å². The summed E-state index contributed by atoms with van der Waals surface area (Å²) in [6.45, 7) is 4.01. The first-order valence-electron chi connectivity index (χ1n) is 6.66. The van der Waals surface area contributed by atoms with E-state index in [1.807, 2.05) is 18.2 Å². The number of hydrazone groups is 1. The van der Waals surface area contributed by atoms with Crippen molar-refractivity contribution in [2.75, 3.05) is 6.61 Å². The lowest BCUT2D eigenvalue weighted by atomic mass is 10.2. The molecular weight excluding hydrogens is 280 g/mol. The van der Waals surface area contributed by atoms with E-state index in [-0.39, 0.29) is 11.3 Å². The molecule has 1 amide bonds. The highest BCUT2D eigenvalue weighted by Gasteiger charge is 2.08. The van der Waals surface area contributed by atoms with Crippen molar-refractivity contribution >= 4 is 12.1 Å². The van der Waals surface area contributed by atoms with E-state index in [9.17, 15) is 9.90 Å². The minimum absolute atomic E-state index is 0.0879. The van der Waals surface area contributed by atoms with Gasteiger partial charge in [0.15, 0.2) is 0 Å². The van der Waals surface area contributed by atoms with Gasteiger partial charge in [0.25, 0.3) is 5.91 Å². The number of para-hydroxylation sites is 1. The molecule has 0 heterocycles. The maximum atomic E-state index is 11.8. The number of hydrogen-bond donors (Lipinski definition) is 2. The van der Waals surface area contributed by atoms with Gasteiger partial charge in [0.1, 0.15) is 18.1 Å². The van der Waals surface area contributed by atoms with E-state index in [2.05, 4.69) is 17.1 Å². The summed E-state index contributed by atoms with van der Waals surface area (Å²) in [6.07, 6.45) is 3.16. The first-order chi connectivity index (χ1) is 10.7. The molecule has 22 heavy (non-hydrogen) atoms. The molecule has 5 heteroatoms. The molecule has 0 atom stereocenters. The van der Waals surface area contributed by atoms with E-state index in [0.29, 0.717) is 12.4 Å². The molecule has 0 spiro atoms. The van der Waals surface area contributed by atoms with Crippen molar-refractivity contribution in [2.24, 2.45) is 5.10 Å². The summed E-state index contributed by atoms with van der Waals surface area (Å²) in [7, 11) is 0. The topological polar surface area (TPSA) is 70.9 Å². The molecule has 0 aromatic heterocycles. The van der Waals surface area contributed by atoms with Gasteiger partial charge in [0, 0.05) is 0 Å². The number of carbonyl (C=O) groups excluding carboxylic acids is 1. The molecule has 0 aliphatic rings. The third-order valence-corrected chi connectivity index (χ3v) is 2.75. The molecule has 0 radical (unpaired) electrons. The van der Waals surface area contributed by atoms with Crippen molar-refractivity contribution in [2.45, 2.75) is 0 Å². The number of benzene rings is 2. The second kappa shape index (κ2) is 7.64. The van der Waals surface area contributed by atoms with Crippen molar-refractivity contribution in [3.8, 4) is 11.5 Å². The number of rotatable bonds is 6. The van der Waals surface area contributed by atoms with Crippen LogP contribution in [0, 0.1) is 0 Å². The van der Waals surface area contributed by atoms with E-state index in [1.54, 1.807) is 24.3 Å². The van der Waals surface area contributed by atoms with Gasteiger partial charge in [-0.15, -0.1) is 0 Å². The molecule has 0 unspecified atom stereocenters. The van der Waals surface area contributed by atoms with Crippen molar-refractivity contribution < 1.29 is 14.6 Å². The fourth-order valence-corrected chi connectivity index (χ4v) is 1.73. The smallest absolute Gasteiger partial charge is 0.275 e. The number of amides is 1. The molecule has 2 aromatic rings. The van der Waals surface area contributed by atoms with Gasteiger partial charge < -0.3 is 9.84 Å². The minimum atomic E-state index is -0.478. The lowest BCUT2D eigenvalue weighted by Crippen LogP contribution is -2.17. The Bertz CT molecular complexity index is 696. The van der Waals surface area contributed by atoms with E-state index in [4.69, 9.17) is 4.74 Å². The summed E-state index contributed by atoms with van der Waals surface area (Å²) in [5.74, 6) is 0.124. The summed E-state index contributed by atoms with van der Waals surface area (Å²) in [5, 5.41) is 13.4. The van der Waals surface area contributed by atoms with Crippen LogP contribution < -0.4 is 10.2 Å². The van der Waals surface area contributed by atoms with Gasteiger partial charge in [-0.25, -0.2) is 5.43 Å². The number of ether oxygens (including phenoxy) is 1. The summed E-state index contributed by atoms with van der Waals surface area (Å²) in [4.78, 5) is 11.8. The van der Waals surface area contributed by atoms with Crippen molar-refractivity contribution in [3.05, 3.63) is 72.3 Å². The van der Waals surface area contributed by atoms with Crippen LogP contribution in [-0.4, -0.2) is 23.8 Å². The number of nitrogens with zero attached hydrogens (tertiary/aromatic N) is 1. The Hall–Kier alpha value is -3.08. The Morgan fingerprint density at radius 1 is 1.27 bits per heavy atom. The predicted octanol–water partition coefficient (Wildman–Crippen LogP) is 2.72. The van der Waals surface area contributed by atoms with Crippen molar-refractivity contribution in [1.82, 2.24) is 5.43 Å². The summed E-state index contributed by atoms with van der Waals surface area (Å²) in [5.41, 5.74) is 3.31. The van der Waals surface area contributed by atoms with Crippen LogP contribution in [0.1, 0.15) is 15.9 Å². The molecule has 0 fully saturated rings. The van der Waals surface area contributed by atoms with Crippen LogP contribution in [-0.2, 0) is 0 Å². The van der Waals surface area contributed by atoms with E-state index >= 15 is 0 Å². The first-order valence-corrected chi connectivity index (χ1v) is 6.66. The second-order valence-electron chi connectivity index (χ2n) is 4.39. The Labute approximate surface area is 128 Å². The SMILES string of the molecule is C=CCOc1cccc(/C=N\NC(=O)c2ccccc2O)c1. The third kappa shape index (κ3) is 4.21. The number of phenolic OH excluding ortho intramolecular Hbond substituents is 1. The average molecular weight is 296 g/mol. The fraction of sp³-hybridized carbons (Fsp3) is 0.0588. The van der Waals surface area contributed by atoms with Gasteiger partial charge >= 0.3 is 0 Å². The highest BCUT2D eigenvalue weighted by Crippen LogP contribution is 2.15. The Balaban J connectivity index is 1.99. The normalized spacial score (nSPS) is 10.4. The predicted molar refractivity (Wildman–Crippen MR) is 85.3 cm³/mol. The van der Waals surface area contributed by atoms with Gasteiger partial charge in [-0.05, 0) is 29.8 Å². The molecule has 0 bridgehead atoms. The average Bonchev–Trinajstić information content (AvgIpc) is 2.53. The second-order valence-corrected chi connectivity index (χ2v) is 4.39. The minimum Gasteiger partial charge on any atom is -0.507 e. The Morgan fingerprint density at radius 2 is 2.09 bits per heavy atom. The Morgan fingerprint density at radius 3 is 2.86 bits per heavy atom. The maximum Gasteiger partial charge on any atom is 0.275 e. The van der Waals surface area contributed by atoms with E-state index in [0.717, 1.165) is 5.56 Å². The number of nitrogens with one attached hydrogen (secondary N) is 1. The van der Waals surface area contributed by atoms with E-state index < -0.39 is 5.91 Å². The van der Waals surface area contributed by atoms with Crippen LogP contribution in [0.15, 0.2) is 66.3 Å². The quantitative estimate of drug-likeness (QED) is 0.489. The highest BCUT2D eigenvalue weighted by molar-refractivity contribution is 5.97. The Kier molecular flexibility index (Phi) is 5.31. The zero-order valence-corrected chi connectivity index (χ0v) is 11.9. The van der Waals surface area contributed by atoms with Crippen molar-refractivity contribution in [3.63, 3.8) is 0 Å². The monoisotopic (exact) mass is 296 g/mol. The maximum absolute atomic E-state index is 11.8. The van der Waals surface area contributed by atoms with Gasteiger partial charge in [0.05, 0.1) is 11.8 Å². The van der Waals surface area contributed by atoms with Gasteiger partial charge in [0.2, 0.25) is 0 Å². The summed E-state index contributed by atoms with van der Waals surface area (Å²) >= 11 is 0. The van der Waals surface area contributed by atoms with Gasteiger partial charge in [-0.1, -0.05) is 36.9 Å². The van der Waals surface area contributed by atoms with Gasteiger partial charge in [-0.2, -0.15) is 5.10 Å².